The van der Waals surface area contributed by atoms with Crippen molar-refractivity contribution in [3.63, 3.8) is 0 Å². The third-order valence-electron chi connectivity index (χ3n) is 6.70. The molecule has 1 aliphatic rings. The monoisotopic (exact) mass is 424 g/mol. The number of hydrogen-bond acceptors (Lipinski definition) is 3. The van der Waals surface area contributed by atoms with Crippen LogP contribution in [0, 0.1) is 0 Å². The number of hydrogen-bond donors (Lipinski definition) is 0. The van der Waals surface area contributed by atoms with E-state index in [1.807, 2.05) is 12.4 Å². The minimum Gasteiger partial charge on any atom is -0.346 e. The Labute approximate surface area is 191 Å². The predicted octanol–water partition coefficient (Wildman–Crippen LogP) is 5.22. The molecule has 0 spiro atoms. The van der Waals surface area contributed by atoms with E-state index in [1.54, 1.807) is 0 Å². The van der Waals surface area contributed by atoms with Gasteiger partial charge >= 0.3 is 0 Å². The van der Waals surface area contributed by atoms with Crippen LogP contribution in [-0.2, 0) is 6.54 Å². The van der Waals surface area contributed by atoms with Crippen LogP contribution in [0.5, 0.6) is 0 Å². The first-order chi connectivity index (χ1) is 15.9. The quantitative estimate of drug-likeness (QED) is 0.362. The van der Waals surface area contributed by atoms with Crippen LogP contribution >= 0.6 is 0 Å². The maximum absolute atomic E-state index is 4.28. The van der Waals surface area contributed by atoms with Gasteiger partial charge < -0.3 is 9.47 Å². The molecule has 0 unspecified atom stereocenters. The first kappa shape index (κ1) is 20.9. The van der Waals surface area contributed by atoms with Gasteiger partial charge in [-0.2, -0.15) is 0 Å². The number of unbranched alkanes of at least 4 members (excludes halogenated alkanes) is 1. The summed E-state index contributed by atoms with van der Waals surface area (Å²) in [5.74, 6) is 0. The lowest BCUT2D eigenvalue weighted by molar-refractivity contribution is 0.108. The predicted molar refractivity (Wildman–Crippen MR) is 132 cm³/mol. The van der Waals surface area contributed by atoms with Gasteiger partial charge in [0.25, 0.3) is 0 Å². The van der Waals surface area contributed by atoms with Crippen LogP contribution in [0.2, 0.25) is 0 Å². The highest BCUT2D eigenvalue weighted by Crippen LogP contribution is 2.29. The summed E-state index contributed by atoms with van der Waals surface area (Å²) in [5, 5.41) is 1.28. The lowest BCUT2D eigenvalue weighted by atomic mass is 9.96. The Morgan fingerprint density at radius 2 is 1.38 bits per heavy atom. The highest BCUT2D eigenvalue weighted by Gasteiger charge is 2.26. The van der Waals surface area contributed by atoms with Gasteiger partial charge in [-0.3, -0.25) is 9.88 Å². The fourth-order valence-corrected chi connectivity index (χ4v) is 4.97. The van der Waals surface area contributed by atoms with E-state index in [2.05, 4.69) is 98.3 Å². The number of nitrogens with zero attached hydrogens (tertiary/aromatic N) is 4. The van der Waals surface area contributed by atoms with Crippen molar-refractivity contribution in [2.75, 3.05) is 32.7 Å². The van der Waals surface area contributed by atoms with Crippen molar-refractivity contribution in [1.29, 1.82) is 0 Å². The molecule has 0 N–H and O–H groups in total. The first-order valence-corrected chi connectivity index (χ1v) is 11.8. The normalized spacial score (nSPS) is 15.5. The number of fused-ring (bicyclic) bond motifs is 1. The summed E-state index contributed by atoms with van der Waals surface area (Å²) in [6.45, 7) is 6.77. The Morgan fingerprint density at radius 1 is 0.719 bits per heavy atom. The van der Waals surface area contributed by atoms with Crippen molar-refractivity contribution in [3.05, 3.63) is 103 Å². The molecule has 4 heteroatoms. The summed E-state index contributed by atoms with van der Waals surface area (Å²) in [5.41, 5.74) is 4.02. The topological polar surface area (TPSA) is 24.3 Å². The molecule has 0 aliphatic carbocycles. The van der Waals surface area contributed by atoms with Crippen LogP contribution < -0.4 is 0 Å². The maximum atomic E-state index is 4.28. The van der Waals surface area contributed by atoms with Gasteiger partial charge in [0.1, 0.15) is 0 Å². The van der Waals surface area contributed by atoms with Crippen LogP contribution in [0.3, 0.4) is 0 Å². The lowest BCUT2D eigenvalue weighted by Crippen LogP contribution is -2.48. The smallest absolute Gasteiger partial charge is 0.0666 e. The highest BCUT2D eigenvalue weighted by atomic mass is 15.3. The summed E-state index contributed by atoms with van der Waals surface area (Å²) in [6.07, 6.45) is 8.48. The maximum Gasteiger partial charge on any atom is 0.0666 e. The van der Waals surface area contributed by atoms with Gasteiger partial charge in [0, 0.05) is 50.5 Å². The van der Waals surface area contributed by atoms with Crippen LogP contribution in [0.15, 0.2) is 91.4 Å². The van der Waals surface area contributed by atoms with E-state index in [9.17, 15) is 0 Å². The molecule has 2 aromatic carbocycles. The van der Waals surface area contributed by atoms with Crippen molar-refractivity contribution in [1.82, 2.24) is 19.4 Å². The Balaban J connectivity index is 1.14. The average molecular weight is 425 g/mol. The molecule has 3 heterocycles. The second-order valence-corrected chi connectivity index (χ2v) is 8.75. The molecule has 0 radical (unpaired) electrons. The van der Waals surface area contributed by atoms with Gasteiger partial charge in [-0.15, -0.1) is 0 Å². The summed E-state index contributed by atoms with van der Waals surface area (Å²) in [7, 11) is 0. The first-order valence-electron chi connectivity index (χ1n) is 11.8. The van der Waals surface area contributed by atoms with Crippen molar-refractivity contribution >= 4 is 10.9 Å². The van der Waals surface area contributed by atoms with Gasteiger partial charge in [0.15, 0.2) is 0 Å². The van der Waals surface area contributed by atoms with E-state index in [4.69, 9.17) is 0 Å². The molecule has 1 aliphatic heterocycles. The summed E-state index contributed by atoms with van der Waals surface area (Å²) < 4.78 is 2.34. The van der Waals surface area contributed by atoms with E-state index < -0.39 is 0 Å². The van der Waals surface area contributed by atoms with E-state index in [1.165, 1.54) is 41.4 Å². The Morgan fingerprint density at radius 3 is 2.06 bits per heavy atom. The fraction of sp³-hybridized carbons (Fsp3) is 0.321. The molecule has 164 valence electrons. The second kappa shape index (κ2) is 10.1. The van der Waals surface area contributed by atoms with Crippen molar-refractivity contribution in [2.45, 2.75) is 25.4 Å². The molecule has 0 bridgehead atoms. The van der Waals surface area contributed by atoms with Crippen LogP contribution in [-0.4, -0.2) is 52.1 Å². The van der Waals surface area contributed by atoms with E-state index in [-0.39, 0.29) is 0 Å². The van der Waals surface area contributed by atoms with Crippen molar-refractivity contribution < 1.29 is 0 Å². The number of aryl methyl sites for hydroxylation is 1. The standard InChI is InChI=1S/C28H32N4/c1-3-9-25(10-4-1)28(26-11-5-2-6-12-26)32-21-19-30(20-22-32)16-7-8-17-31-18-14-24-13-15-29-23-27(24)31/h1-6,9-15,18,23,28H,7-8,16-17,19-22H2. The second-order valence-electron chi connectivity index (χ2n) is 8.75. The zero-order valence-electron chi connectivity index (χ0n) is 18.7. The third-order valence-corrected chi connectivity index (χ3v) is 6.70. The molecule has 4 aromatic rings. The molecular weight excluding hydrogens is 392 g/mol. The zero-order valence-corrected chi connectivity index (χ0v) is 18.7. The molecule has 5 rings (SSSR count). The van der Waals surface area contributed by atoms with Crippen molar-refractivity contribution in [2.24, 2.45) is 0 Å². The van der Waals surface area contributed by atoms with E-state index in [0.717, 1.165) is 32.7 Å². The minimum absolute atomic E-state index is 0.343. The van der Waals surface area contributed by atoms with Crippen LogP contribution in [0.1, 0.15) is 30.0 Å². The molecular formula is C28H32N4. The van der Waals surface area contributed by atoms with Gasteiger partial charge in [0.05, 0.1) is 17.8 Å². The van der Waals surface area contributed by atoms with Gasteiger partial charge in [-0.1, -0.05) is 60.7 Å². The Hall–Kier alpha value is -2.95. The number of piperazine rings is 1. The minimum atomic E-state index is 0.343. The molecule has 32 heavy (non-hydrogen) atoms. The molecule has 0 saturated carbocycles. The summed E-state index contributed by atoms with van der Waals surface area (Å²) >= 11 is 0. The molecule has 2 aromatic heterocycles. The average Bonchev–Trinajstić information content (AvgIpc) is 3.27. The van der Waals surface area contributed by atoms with Gasteiger partial charge in [0.2, 0.25) is 0 Å². The number of rotatable bonds is 8. The third kappa shape index (κ3) is 4.77. The highest BCUT2D eigenvalue weighted by molar-refractivity contribution is 5.78. The lowest BCUT2D eigenvalue weighted by Gasteiger charge is -2.39. The van der Waals surface area contributed by atoms with Gasteiger partial charge in [-0.25, -0.2) is 0 Å². The largest absolute Gasteiger partial charge is 0.346 e. The van der Waals surface area contributed by atoms with Gasteiger partial charge in [-0.05, 0) is 42.6 Å². The summed E-state index contributed by atoms with van der Waals surface area (Å²) in [6, 6.07) is 26.5. The zero-order chi connectivity index (χ0) is 21.6. The summed E-state index contributed by atoms with van der Waals surface area (Å²) in [4.78, 5) is 9.57. The Kier molecular flexibility index (Phi) is 6.61. The Bertz CT molecular complexity index is 1060. The SMILES string of the molecule is c1ccc(C(c2ccccc2)N2CCN(CCCCn3ccc4ccncc43)CC2)cc1. The number of pyridine rings is 1. The van der Waals surface area contributed by atoms with E-state index >= 15 is 0 Å². The molecule has 1 saturated heterocycles. The van der Waals surface area contributed by atoms with E-state index in [0.29, 0.717) is 6.04 Å². The number of aromatic nitrogens is 2. The van der Waals surface area contributed by atoms with Crippen LogP contribution in [0.25, 0.3) is 10.9 Å². The molecule has 0 atom stereocenters. The van der Waals surface area contributed by atoms with Crippen molar-refractivity contribution in [3.8, 4) is 0 Å². The van der Waals surface area contributed by atoms with Crippen LogP contribution in [0.4, 0.5) is 0 Å². The molecule has 4 nitrogen and oxygen atoms in total. The molecule has 1 fully saturated rings. The number of benzene rings is 2. The molecule has 0 amide bonds. The fourth-order valence-electron chi connectivity index (χ4n) is 4.97.